The first-order valence-corrected chi connectivity index (χ1v) is 3.82. The van der Waals surface area contributed by atoms with E-state index < -0.39 is 12.0 Å². The van der Waals surface area contributed by atoms with Crippen molar-refractivity contribution in [1.82, 2.24) is 9.97 Å². The normalized spacial score (nSPS) is 11.6. The molecule has 6 heteroatoms. The molecule has 0 spiro atoms. The highest BCUT2D eigenvalue weighted by Gasteiger charge is 2.35. The average Bonchev–Trinajstić information content (AvgIpc) is 2.01. The smallest absolute Gasteiger partial charge is 0.451 e. The van der Waals surface area contributed by atoms with Crippen LogP contribution in [0.3, 0.4) is 0 Å². The zero-order valence-corrected chi connectivity index (χ0v) is 7.94. The molecule has 0 amide bonds. The number of hydrogen-bond donors (Lipinski definition) is 0. The van der Waals surface area contributed by atoms with Crippen LogP contribution in [0.2, 0.25) is 0 Å². The summed E-state index contributed by atoms with van der Waals surface area (Å²) in [6, 6.07) is 0. The lowest BCUT2D eigenvalue weighted by atomic mass is 10.3. The van der Waals surface area contributed by atoms with Gasteiger partial charge in [-0.1, -0.05) is 0 Å². The van der Waals surface area contributed by atoms with Gasteiger partial charge in [0.25, 0.3) is 0 Å². The molecule has 1 aromatic rings. The molecule has 14 heavy (non-hydrogen) atoms. The van der Waals surface area contributed by atoms with Gasteiger partial charge < -0.3 is 4.74 Å². The zero-order valence-electron chi connectivity index (χ0n) is 7.94. The van der Waals surface area contributed by atoms with Crippen LogP contribution < -0.4 is 4.74 Å². The molecule has 0 aromatic carbocycles. The summed E-state index contributed by atoms with van der Waals surface area (Å²) in [5.41, 5.74) is 0.375. The quantitative estimate of drug-likeness (QED) is 0.705. The van der Waals surface area contributed by atoms with Crippen molar-refractivity contribution in [3.63, 3.8) is 0 Å². The fourth-order valence-electron chi connectivity index (χ4n) is 1.13. The topological polar surface area (TPSA) is 35.0 Å². The first kappa shape index (κ1) is 10.7. The van der Waals surface area contributed by atoms with Crippen molar-refractivity contribution in [3.05, 3.63) is 17.2 Å². The van der Waals surface area contributed by atoms with E-state index in [4.69, 9.17) is 4.74 Å². The van der Waals surface area contributed by atoms with Crippen LogP contribution in [0.5, 0.6) is 5.75 Å². The number of aryl methyl sites for hydroxylation is 2. The summed E-state index contributed by atoms with van der Waals surface area (Å²) in [7, 11) is 1.37. The molecule has 3 nitrogen and oxygen atoms in total. The lowest BCUT2D eigenvalue weighted by Gasteiger charge is -2.10. The maximum absolute atomic E-state index is 12.2. The van der Waals surface area contributed by atoms with Crippen LogP contribution >= 0.6 is 0 Å². The van der Waals surface area contributed by atoms with Gasteiger partial charge in [0.2, 0.25) is 5.82 Å². The highest BCUT2D eigenvalue weighted by molar-refractivity contribution is 5.31. The van der Waals surface area contributed by atoms with E-state index in [2.05, 4.69) is 9.97 Å². The van der Waals surface area contributed by atoms with Crippen molar-refractivity contribution in [1.29, 1.82) is 0 Å². The number of alkyl halides is 3. The molecule has 0 fully saturated rings. The summed E-state index contributed by atoms with van der Waals surface area (Å²) in [6.45, 7) is 2.89. The second-order valence-electron chi connectivity index (χ2n) is 2.75. The Hall–Kier alpha value is -1.33. The van der Waals surface area contributed by atoms with Crippen molar-refractivity contribution in [2.24, 2.45) is 0 Å². The Balaban J connectivity index is 3.28. The van der Waals surface area contributed by atoms with Gasteiger partial charge in [-0.15, -0.1) is 0 Å². The minimum absolute atomic E-state index is 0.187. The molecule has 0 aliphatic heterocycles. The molecule has 0 saturated heterocycles. The predicted octanol–water partition coefficient (Wildman–Crippen LogP) is 2.12. The highest BCUT2D eigenvalue weighted by atomic mass is 19.4. The molecule has 1 aromatic heterocycles. The minimum atomic E-state index is -4.51. The summed E-state index contributed by atoms with van der Waals surface area (Å²) in [4.78, 5) is 6.63. The van der Waals surface area contributed by atoms with Crippen molar-refractivity contribution >= 4 is 0 Å². The first-order valence-electron chi connectivity index (χ1n) is 3.82. The van der Waals surface area contributed by atoms with Crippen LogP contribution in [-0.2, 0) is 6.18 Å². The second-order valence-corrected chi connectivity index (χ2v) is 2.75. The second kappa shape index (κ2) is 3.43. The van der Waals surface area contributed by atoms with E-state index in [1.807, 2.05) is 0 Å². The molecule has 0 aliphatic rings. The lowest BCUT2D eigenvalue weighted by Crippen LogP contribution is -2.13. The number of ether oxygens (including phenoxy) is 1. The van der Waals surface area contributed by atoms with Gasteiger partial charge in [-0.3, -0.25) is 0 Å². The van der Waals surface area contributed by atoms with Crippen LogP contribution in [0.4, 0.5) is 13.2 Å². The predicted molar refractivity (Wildman–Crippen MR) is 43.1 cm³/mol. The first-order chi connectivity index (χ1) is 6.36. The fraction of sp³-hybridized carbons (Fsp3) is 0.500. The van der Waals surface area contributed by atoms with Crippen molar-refractivity contribution in [2.45, 2.75) is 20.0 Å². The minimum Gasteiger partial charge on any atom is -0.493 e. The SMILES string of the molecule is COc1c(C)nc(C(F)(F)F)nc1C. The lowest BCUT2D eigenvalue weighted by molar-refractivity contribution is -0.145. The Bertz CT molecular complexity index is 326. The Morgan fingerprint density at radius 2 is 1.50 bits per heavy atom. The Kier molecular flexibility index (Phi) is 2.64. The molecule has 0 aliphatic carbocycles. The zero-order chi connectivity index (χ0) is 10.9. The molecule has 0 unspecified atom stereocenters. The third-order valence-electron chi connectivity index (χ3n) is 1.66. The van der Waals surface area contributed by atoms with E-state index >= 15 is 0 Å². The molecule has 0 bridgehead atoms. The number of nitrogens with zero attached hydrogens (tertiary/aromatic N) is 2. The third-order valence-corrected chi connectivity index (χ3v) is 1.66. The van der Waals surface area contributed by atoms with Gasteiger partial charge in [0.15, 0.2) is 5.75 Å². The number of aromatic nitrogens is 2. The van der Waals surface area contributed by atoms with Crippen molar-refractivity contribution < 1.29 is 17.9 Å². The van der Waals surface area contributed by atoms with Gasteiger partial charge >= 0.3 is 6.18 Å². The maximum atomic E-state index is 12.2. The van der Waals surface area contributed by atoms with Gasteiger partial charge in [0.05, 0.1) is 18.5 Å². The van der Waals surface area contributed by atoms with Crippen molar-refractivity contribution in [3.8, 4) is 5.75 Å². The standard InChI is InChI=1S/C8H9F3N2O/c1-4-6(14-3)5(2)13-7(12-4)8(9,10)11/h1-3H3. The van der Waals surface area contributed by atoms with Gasteiger partial charge in [-0.25, -0.2) is 9.97 Å². The Labute approximate surface area is 78.9 Å². The molecular formula is C8H9F3N2O. The van der Waals surface area contributed by atoms with Crippen LogP contribution in [0, 0.1) is 13.8 Å². The molecule has 0 N–H and O–H groups in total. The van der Waals surface area contributed by atoms with Crippen LogP contribution in [-0.4, -0.2) is 17.1 Å². The molecule has 0 atom stereocenters. The van der Waals surface area contributed by atoms with Crippen LogP contribution in [0.25, 0.3) is 0 Å². The number of hydrogen-bond acceptors (Lipinski definition) is 3. The number of rotatable bonds is 1. The molecular weight excluding hydrogens is 197 g/mol. The number of methoxy groups -OCH3 is 1. The summed E-state index contributed by atoms with van der Waals surface area (Å²) in [5.74, 6) is -0.841. The van der Waals surface area contributed by atoms with E-state index in [0.29, 0.717) is 0 Å². The van der Waals surface area contributed by atoms with Gasteiger partial charge in [0, 0.05) is 0 Å². The molecule has 0 saturated carbocycles. The fourth-order valence-corrected chi connectivity index (χ4v) is 1.13. The summed E-state index contributed by atoms with van der Waals surface area (Å²) in [5, 5.41) is 0. The largest absolute Gasteiger partial charge is 0.493 e. The molecule has 1 rings (SSSR count). The number of halogens is 3. The summed E-state index contributed by atoms with van der Waals surface area (Å²) >= 11 is 0. The van der Waals surface area contributed by atoms with Crippen LogP contribution in [0.15, 0.2) is 0 Å². The maximum Gasteiger partial charge on any atom is 0.451 e. The Morgan fingerprint density at radius 3 is 1.79 bits per heavy atom. The van der Waals surface area contributed by atoms with Gasteiger partial charge in [-0.05, 0) is 13.8 Å². The summed E-state index contributed by atoms with van der Waals surface area (Å²) < 4.78 is 41.5. The molecule has 0 radical (unpaired) electrons. The van der Waals surface area contributed by atoms with E-state index in [0.717, 1.165) is 0 Å². The monoisotopic (exact) mass is 206 g/mol. The van der Waals surface area contributed by atoms with Gasteiger partial charge in [-0.2, -0.15) is 13.2 Å². The van der Waals surface area contributed by atoms with E-state index in [-0.39, 0.29) is 17.1 Å². The van der Waals surface area contributed by atoms with E-state index in [1.54, 1.807) is 0 Å². The molecule has 78 valence electrons. The van der Waals surface area contributed by atoms with E-state index in [1.165, 1.54) is 21.0 Å². The average molecular weight is 206 g/mol. The van der Waals surface area contributed by atoms with Gasteiger partial charge in [0.1, 0.15) is 0 Å². The van der Waals surface area contributed by atoms with Crippen LogP contribution in [0.1, 0.15) is 17.2 Å². The third kappa shape index (κ3) is 1.94. The highest BCUT2D eigenvalue weighted by Crippen LogP contribution is 2.29. The molecule has 1 heterocycles. The Morgan fingerprint density at radius 1 is 1.07 bits per heavy atom. The van der Waals surface area contributed by atoms with Crippen molar-refractivity contribution in [2.75, 3.05) is 7.11 Å². The summed E-state index contributed by atoms with van der Waals surface area (Å²) in [6.07, 6.45) is -4.51. The van der Waals surface area contributed by atoms with E-state index in [9.17, 15) is 13.2 Å².